The maximum Gasteiger partial charge on any atom is 0.240 e. The molecule has 7 heteroatoms. The van der Waals surface area contributed by atoms with Crippen LogP contribution in [0.2, 0.25) is 0 Å². The molecule has 0 radical (unpaired) electrons. The molecule has 0 bridgehead atoms. The second-order valence-corrected chi connectivity index (χ2v) is 8.35. The highest BCUT2D eigenvalue weighted by Gasteiger charge is 2.43. The van der Waals surface area contributed by atoms with Gasteiger partial charge in [0, 0.05) is 51.1 Å². The van der Waals surface area contributed by atoms with E-state index in [4.69, 9.17) is 4.52 Å². The van der Waals surface area contributed by atoms with Crippen LogP contribution in [0.15, 0.2) is 4.52 Å². The molecule has 3 fully saturated rings. The van der Waals surface area contributed by atoms with Gasteiger partial charge in [-0.15, -0.1) is 0 Å². The molecule has 144 valence electrons. The van der Waals surface area contributed by atoms with Gasteiger partial charge in [0.2, 0.25) is 11.8 Å². The predicted octanol–water partition coefficient (Wildman–Crippen LogP) is 1.54. The fraction of sp³-hybridized carbons (Fsp3) is 0.842. The van der Waals surface area contributed by atoms with Crippen LogP contribution in [0.1, 0.15) is 50.7 Å². The van der Waals surface area contributed by atoms with Crippen LogP contribution in [0, 0.1) is 5.92 Å². The quantitative estimate of drug-likeness (QED) is 0.793. The maximum atomic E-state index is 12.6. The third-order valence-electron chi connectivity index (χ3n) is 6.44. The molecule has 4 rings (SSSR count). The number of carbonyl (C=O) groups is 1. The Labute approximate surface area is 155 Å². The van der Waals surface area contributed by atoms with Crippen LogP contribution in [0.4, 0.5) is 0 Å². The molecule has 1 amide bonds. The molecule has 1 aromatic heterocycles. The van der Waals surface area contributed by atoms with Gasteiger partial charge < -0.3 is 9.42 Å². The van der Waals surface area contributed by atoms with Crippen molar-refractivity contribution in [2.45, 2.75) is 57.5 Å². The van der Waals surface area contributed by atoms with Crippen molar-refractivity contribution in [1.29, 1.82) is 0 Å². The Balaban J connectivity index is 1.42. The molecule has 1 aromatic rings. The van der Waals surface area contributed by atoms with Gasteiger partial charge in [-0.3, -0.25) is 14.6 Å². The zero-order valence-electron chi connectivity index (χ0n) is 16.1. The molecule has 2 aliphatic heterocycles. The highest BCUT2D eigenvalue weighted by atomic mass is 16.5. The summed E-state index contributed by atoms with van der Waals surface area (Å²) in [6.07, 6.45) is 6.08. The molecule has 2 saturated heterocycles. The first-order valence-corrected chi connectivity index (χ1v) is 10.1. The van der Waals surface area contributed by atoms with Gasteiger partial charge in [-0.05, 0) is 38.6 Å². The van der Waals surface area contributed by atoms with Crippen molar-refractivity contribution in [2.75, 3.05) is 39.8 Å². The fourth-order valence-corrected chi connectivity index (χ4v) is 4.40. The second-order valence-electron chi connectivity index (χ2n) is 8.35. The first kappa shape index (κ1) is 17.9. The average Bonchev–Trinajstić information content (AvgIpc) is 3.37. The molecule has 3 heterocycles. The lowest BCUT2D eigenvalue weighted by atomic mass is 9.86. The Hall–Kier alpha value is -1.47. The number of carbonyl (C=O) groups excluding carboxylic acids is 1. The molecular weight excluding hydrogens is 330 g/mol. The van der Waals surface area contributed by atoms with E-state index in [-0.39, 0.29) is 5.54 Å². The second kappa shape index (κ2) is 7.27. The van der Waals surface area contributed by atoms with Crippen molar-refractivity contribution in [3.05, 3.63) is 11.7 Å². The van der Waals surface area contributed by atoms with Crippen LogP contribution >= 0.6 is 0 Å². The number of aryl methyl sites for hydroxylation is 1. The van der Waals surface area contributed by atoms with Crippen LogP contribution in [0.25, 0.3) is 0 Å². The molecule has 1 spiro atoms. The molecule has 1 aliphatic carbocycles. The van der Waals surface area contributed by atoms with Crippen molar-refractivity contribution in [3.8, 4) is 0 Å². The van der Waals surface area contributed by atoms with E-state index in [1.54, 1.807) is 0 Å². The topological polar surface area (TPSA) is 65.7 Å². The van der Waals surface area contributed by atoms with E-state index in [2.05, 4.69) is 31.9 Å². The van der Waals surface area contributed by atoms with E-state index in [9.17, 15) is 4.79 Å². The molecule has 0 N–H and O–H groups in total. The molecule has 0 unspecified atom stereocenters. The van der Waals surface area contributed by atoms with E-state index in [0.29, 0.717) is 24.8 Å². The zero-order valence-corrected chi connectivity index (χ0v) is 16.1. The van der Waals surface area contributed by atoms with Crippen LogP contribution in [0.5, 0.6) is 0 Å². The van der Waals surface area contributed by atoms with Crippen molar-refractivity contribution >= 4 is 5.91 Å². The summed E-state index contributed by atoms with van der Waals surface area (Å²) in [4.78, 5) is 24.1. The normalized spacial score (nSPS) is 28.7. The van der Waals surface area contributed by atoms with E-state index in [0.717, 1.165) is 63.7 Å². The molecule has 1 atom stereocenters. The Kier molecular flexibility index (Phi) is 5.01. The van der Waals surface area contributed by atoms with Crippen molar-refractivity contribution in [2.24, 2.45) is 5.92 Å². The summed E-state index contributed by atoms with van der Waals surface area (Å²) in [7, 11) is 2.22. The van der Waals surface area contributed by atoms with Gasteiger partial charge >= 0.3 is 0 Å². The average molecular weight is 361 g/mol. The number of hydrogen-bond acceptors (Lipinski definition) is 6. The highest BCUT2D eigenvalue weighted by Crippen LogP contribution is 2.35. The van der Waals surface area contributed by atoms with Gasteiger partial charge in [0.05, 0.1) is 6.54 Å². The van der Waals surface area contributed by atoms with E-state index >= 15 is 0 Å². The summed E-state index contributed by atoms with van der Waals surface area (Å²) in [6.45, 7) is 7.61. The zero-order chi connectivity index (χ0) is 18.1. The molecular formula is C19H31N5O2. The smallest absolute Gasteiger partial charge is 0.240 e. The summed E-state index contributed by atoms with van der Waals surface area (Å²) in [5.74, 6) is 2.60. The number of likely N-dealkylation sites (N-methyl/N-ethyl adjacent to an activating group) is 1. The number of nitrogens with zero attached hydrogens (tertiary/aromatic N) is 5. The van der Waals surface area contributed by atoms with E-state index in [1.807, 2.05) is 6.92 Å². The van der Waals surface area contributed by atoms with Gasteiger partial charge in [-0.25, -0.2) is 0 Å². The number of likely N-dealkylation sites (tertiary alicyclic amines) is 1. The Morgan fingerprint density at radius 2 is 2.08 bits per heavy atom. The van der Waals surface area contributed by atoms with Crippen molar-refractivity contribution < 1.29 is 9.32 Å². The summed E-state index contributed by atoms with van der Waals surface area (Å²) < 4.78 is 5.39. The van der Waals surface area contributed by atoms with Gasteiger partial charge in [0.1, 0.15) is 0 Å². The van der Waals surface area contributed by atoms with Gasteiger partial charge in [-0.2, -0.15) is 4.98 Å². The summed E-state index contributed by atoms with van der Waals surface area (Å²) in [6, 6.07) is 0. The third kappa shape index (κ3) is 3.78. The Morgan fingerprint density at radius 3 is 2.81 bits per heavy atom. The summed E-state index contributed by atoms with van der Waals surface area (Å²) in [5, 5.41) is 4.01. The van der Waals surface area contributed by atoms with Crippen molar-refractivity contribution in [3.63, 3.8) is 0 Å². The number of amides is 1. The van der Waals surface area contributed by atoms with E-state index in [1.165, 1.54) is 12.8 Å². The Bertz CT molecular complexity index is 644. The molecule has 26 heavy (non-hydrogen) atoms. The van der Waals surface area contributed by atoms with Crippen molar-refractivity contribution in [1.82, 2.24) is 24.8 Å². The lowest BCUT2D eigenvalue weighted by molar-refractivity contribution is -0.131. The monoisotopic (exact) mass is 361 g/mol. The molecule has 7 nitrogen and oxygen atoms in total. The largest absolute Gasteiger partial charge is 0.342 e. The van der Waals surface area contributed by atoms with Crippen LogP contribution in [0.3, 0.4) is 0 Å². The number of piperazine rings is 1. The standard InChI is InChI=1S/C19H31N5O2/c1-3-16-20-17(26-21-16)13-23-11-10-22(2)19(14-23)7-6-18(25)24(9-8-19)12-15-4-5-15/h15H,3-14H2,1-2H3/t19-/m1/s1. The summed E-state index contributed by atoms with van der Waals surface area (Å²) >= 11 is 0. The minimum absolute atomic E-state index is 0.0832. The number of aromatic nitrogens is 2. The summed E-state index contributed by atoms with van der Waals surface area (Å²) in [5.41, 5.74) is 0.0832. The van der Waals surface area contributed by atoms with Crippen LogP contribution in [-0.4, -0.2) is 76.1 Å². The lowest BCUT2D eigenvalue weighted by Gasteiger charge is -2.49. The highest BCUT2D eigenvalue weighted by molar-refractivity contribution is 5.76. The van der Waals surface area contributed by atoms with E-state index < -0.39 is 0 Å². The minimum Gasteiger partial charge on any atom is -0.342 e. The molecule has 0 aromatic carbocycles. The predicted molar refractivity (Wildman–Crippen MR) is 97.5 cm³/mol. The van der Waals surface area contributed by atoms with Crippen LogP contribution < -0.4 is 0 Å². The first-order valence-electron chi connectivity index (χ1n) is 10.1. The minimum atomic E-state index is 0.0832. The van der Waals surface area contributed by atoms with Gasteiger partial charge in [-0.1, -0.05) is 12.1 Å². The number of hydrogen-bond donors (Lipinski definition) is 0. The van der Waals surface area contributed by atoms with Gasteiger partial charge in [0.25, 0.3) is 0 Å². The molecule has 1 saturated carbocycles. The third-order valence-corrected chi connectivity index (χ3v) is 6.44. The van der Waals surface area contributed by atoms with Gasteiger partial charge in [0.15, 0.2) is 5.82 Å². The first-order chi connectivity index (χ1) is 12.6. The fourth-order valence-electron chi connectivity index (χ4n) is 4.40. The SMILES string of the molecule is CCc1noc(CN2CCN(C)[C@@]3(CCC(=O)N(CC4CC4)CC3)C2)n1. The molecule has 3 aliphatic rings. The lowest BCUT2D eigenvalue weighted by Crippen LogP contribution is -2.60. The number of rotatable bonds is 5. The Morgan fingerprint density at radius 1 is 1.23 bits per heavy atom. The maximum absolute atomic E-state index is 12.6. The van der Waals surface area contributed by atoms with Crippen LogP contribution in [-0.2, 0) is 17.8 Å².